The molecule has 0 saturated carbocycles. The van der Waals surface area contributed by atoms with Crippen LogP contribution in [-0.4, -0.2) is 92.2 Å². The number of anilines is 1. The highest BCUT2D eigenvalue weighted by molar-refractivity contribution is 5.80. The third-order valence-electron chi connectivity index (χ3n) is 7.81. The van der Waals surface area contributed by atoms with E-state index >= 15 is 0 Å². The predicted octanol–water partition coefficient (Wildman–Crippen LogP) is 2.47. The molecule has 178 valence electrons. The number of nitrogens with one attached hydrogen (secondary N) is 2. The Kier molecular flexibility index (Phi) is 7.89. The fourth-order valence-corrected chi connectivity index (χ4v) is 5.54. The monoisotopic (exact) mass is 441 g/mol. The molecule has 2 N–H and O–H groups in total. The smallest absolute Gasteiger partial charge is 0.191 e. The lowest BCUT2D eigenvalue weighted by Gasteiger charge is -2.50. The molecular weight excluding hydrogens is 398 g/mol. The summed E-state index contributed by atoms with van der Waals surface area (Å²) >= 11 is 0. The van der Waals surface area contributed by atoms with E-state index in [1.165, 1.54) is 63.8 Å². The third-order valence-corrected chi connectivity index (χ3v) is 7.81. The van der Waals surface area contributed by atoms with Crippen molar-refractivity contribution in [2.45, 2.75) is 63.5 Å². The predicted molar refractivity (Wildman–Crippen MR) is 134 cm³/mol. The summed E-state index contributed by atoms with van der Waals surface area (Å²) in [6, 6.07) is 4.76. The molecule has 0 amide bonds. The fourth-order valence-electron chi connectivity index (χ4n) is 5.54. The van der Waals surface area contributed by atoms with Crippen LogP contribution in [0.2, 0.25) is 0 Å². The van der Waals surface area contributed by atoms with Gasteiger partial charge in [0.25, 0.3) is 0 Å². The SMILES string of the molecule is CN=C(NCC1(N2CCCCC2)CCN(C)CC1)NC1CCN(c2ccc(C)cn2)CC1. The highest BCUT2D eigenvalue weighted by Gasteiger charge is 2.39. The number of likely N-dealkylation sites (tertiary alicyclic amines) is 2. The van der Waals surface area contributed by atoms with E-state index in [0.29, 0.717) is 6.04 Å². The molecule has 32 heavy (non-hydrogen) atoms. The first-order valence-corrected chi connectivity index (χ1v) is 12.7. The zero-order valence-corrected chi connectivity index (χ0v) is 20.4. The molecular formula is C25H43N7. The Morgan fingerprint density at radius 2 is 1.78 bits per heavy atom. The van der Waals surface area contributed by atoms with Gasteiger partial charge in [-0.25, -0.2) is 4.98 Å². The minimum Gasteiger partial charge on any atom is -0.356 e. The molecule has 4 heterocycles. The Labute approximate surface area is 194 Å². The number of guanidine groups is 1. The van der Waals surface area contributed by atoms with Gasteiger partial charge >= 0.3 is 0 Å². The molecule has 7 nitrogen and oxygen atoms in total. The van der Waals surface area contributed by atoms with E-state index in [1.807, 2.05) is 13.2 Å². The van der Waals surface area contributed by atoms with E-state index in [0.717, 1.165) is 44.3 Å². The Hall–Kier alpha value is -1.86. The first-order valence-electron chi connectivity index (χ1n) is 12.7. The Bertz CT molecular complexity index is 725. The first kappa shape index (κ1) is 23.3. The van der Waals surface area contributed by atoms with Gasteiger partial charge in [0.2, 0.25) is 0 Å². The van der Waals surface area contributed by atoms with Gasteiger partial charge in [0.05, 0.1) is 0 Å². The zero-order chi connectivity index (χ0) is 22.4. The number of piperidine rings is 3. The number of aromatic nitrogens is 1. The van der Waals surface area contributed by atoms with Gasteiger partial charge in [-0.15, -0.1) is 0 Å². The van der Waals surface area contributed by atoms with Gasteiger partial charge in [-0.05, 0) is 90.3 Å². The van der Waals surface area contributed by atoms with Crippen molar-refractivity contribution in [1.29, 1.82) is 0 Å². The van der Waals surface area contributed by atoms with Crippen LogP contribution < -0.4 is 15.5 Å². The van der Waals surface area contributed by atoms with E-state index in [9.17, 15) is 0 Å². The number of hydrogen-bond acceptors (Lipinski definition) is 5. The van der Waals surface area contributed by atoms with E-state index in [1.54, 1.807) is 0 Å². The van der Waals surface area contributed by atoms with E-state index in [2.05, 4.69) is 61.4 Å². The molecule has 3 saturated heterocycles. The van der Waals surface area contributed by atoms with Crippen molar-refractivity contribution in [2.75, 3.05) is 64.8 Å². The van der Waals surface area contributed by atoms with Gasteiger partial charge in [-0.3, -0.25) is 9.89 Å². The first-order chi connectivity index (χ1) is 15.6. The van der Waals surface area contributed by atoms with Crippen LogP contribution in [0.4, 0.5) is 5.82 Å². The highest BCUT2D eigenvalue weighted by atomic mass is 15.3. The molecule has 3 aliphatic rings. The molecule has 3 fully saturated rings. The van der Waals surface area contributed by atoms with Crippen molar-refractivity contribution in [2.24, 2.45) is 4.99 Å². The summed E-state index contributed by atoms with van der Waals surface area (Å²) in [6.45, 7) is 10.0. The number of rotatable bonds is 5. The van der Waals surface area contributed by atoms with Gasteiger partial charge in [0, 0.05) is 44.5 Å². The van der Waals surface area contributed by atoms with Crippen LogP contribution >= 0.6 is 0 Å². The molecule has 3 aliphatic heterocycles. The molecule has 0 aliphatic carbocycles. The summed E-state index contributed by atoms with van der Waals surface area (Å²) < 4.78 is 0. The topological polar surface area (TPSA) is 59.0 Å². The lowest BCUT2D eigenvalue weighted by Crippen LogP contribution is -2.62. The Morgan fingerprint density at radius 1 is 1.06 bits per heavy atom. The summed E-state index contributed by atoms with van der Waals surface area (Å²) in [5, 5.41) is 7.46. The number of aliphatic imine (C=N–C) groups is 1. The van der Waals surface area contributed by atoms with Crippen LogP contribution in [0, 0.1) is 6.92 Å². The molecule has 1 aromatic heterocycles. The van der Waals surface area contributed by atoms with E-state index in [-0.39, 0.29) is 5.54 Å². The van der Waals surface area contributed by atoms with E-state index in [4.69, 9.17) is 0 Å². The summed E-state index contributed by atoms with van der Waals surface area (Å²) in [5.74, 6) is 2.06. The summed E-state index contributed by atoms with van der Waals surface area (Å²) in [4.78, 5) is 16.9. The van der Waals surface area contributed by atoms with Crippen LogP contribution in [0.5, 0.6) is 0 Å². The molecule has 0 radical (unpaired) electrons. The van der Waals surface area contributed by atoms with Crippen LogP contribution in [0.3, 0.4) is 0 Å². The highest BCUT2D eigenvalue weighted by Crippen LogP contribution is 2.31. The average Bonchev–Trinajstić information content (AvgIpc) is 2.84. The van der Waals surface area contributed by atoms with Crippen molar-refractivity contribution >= 4 is 11.8 Å². The van der Waals surface area contributed by atoms with Crippen molar-refractivity contribution in [3.8, 4) is 0 Å². The molecule has 0 bridgehead atoms. The maximum Gasteiger partial charge on any atom is 0.191 e. The molecule has 0 spiro atoms. The van der Waals surface area contributed by atoms with Gasteiger partial charge in [0.15, 0.2) is 5.96 Å². The molecule has 7 heteroatoms. The molecule has 4 rings (SSSR count). The minimum absolute atomic E-state index is 0.269. The van der Waals surface area contributed by atoms with Crippen LogP contribution in [-0.2, 0) is 0 Å². The number of aryl methyl sites for hydroxylation is 1. The summed E-state index contributed by atoms with van der Waals surface area (Å²) in [5.41, 5.74) is 1.48. The molecule has 1 aromatic rings. The van der Waals surface area contributed by atoms with Crippen LogP contribution in [0.25, 0.3) is 0 Å². The van der Waals surface area contributed by atoms with Gasteiger partial charge in [-0.1, -0.05) is 12.5 Å². The second-order valence-corrected chi connectivity index (χ2v) is 10.1. The standard InChI is InChI=1S/C25H43N7/c1-21-7-8-23(27-19-21)31-15-9-22(10-16-31)29-24(26-2)28-20-25(11-17-30(3)18-12-25)32-13-5-4-6-14-32/h7-8,19,22H,4-6,9-18,20H2,1-3H3,(H2,26,28,29). The largest absolute Gasteiger partial charge is 0.356 e. The van der Waals surface area contributed by atoms with Gasteiger partial charge in [-0.2, -0.15) is 0 Å². The van der Waals surface area contributed by atoms with Crippen molar-refractivity contribution in [3.63, 3.8) is 0 Å². The second-order valence-electron chi connectivity index (χ2n) is 10.1. The maximum atomic E-state index is 4.60. The number of hydrogen-bond donors (Lipinski definition) is 2. The van der Waals surface area contributed by atoms with Crippen LogP contribution in [0.15, 0.2) is 23.3 Å². The molecule has 0 atom stereocenters. The second kappa shape index (κ2) is 10.8. The number of pyridine rings is 1. The lowest BCUT2D eigenvalue weighted by molar-refractivity contribution is 0.0173. The minimum atomic E-state index is 0.269. The Balaban J connectivity index is 1.29. The normalized spacial score (nSPS) is 23.8. The molecule has 0 unspecified atom stereocenters. The van der Waals surface area contributed by atoms with Gasteiger partial charge in [0.1, 0.15) is 5.82 Å². The lowest BCUT2D eigenvalue weighted by atomic mass is 9.84. The maximum absolute atomic E-state index is 4.60. The zero-order valence-electron chi connectivity index (χ0n) is 20.4. The molecule has 0 aromatic carbocycles. The van der Waals surface area contributed by atoms with Crippen LogP contribution in [0.1, 0.15) is 50.5 Å². The summed E-state index contributed by atoms with van der Waals surface area (Å²) in [6.07, 6.45) is 10.8. The van der Waals surface area contributed by atoms with Crippen molar-refractivity contribution < 1.29 is 0 Å². The van der Waals surface area contributed by atoms with Gasteiger partial charge < -0.3 is 20.4 Å². The quantitative estimate of drug-likeness (QED) is 0.541. The average molecular weight is 442 g/mol. The number of nitrogens with zero attached hydrogens (tertiary/aromatic N) is 5. The summed E-state index contributed by atoms with van der Waals surface area (Å²) in [7, 11) is 4.16. The van der Waals surface area contributed by atoms with Crippen molar-refractivity contribution in [1.82, 2.24) is 25.4 Å². The fraction of sp³-hybridized carbons (Fsp3) is 0.760. The Morgan fingerprint density at radius 3 is 2.41 bits per heavy atom. The van der Waals surface area contributed by atoms with Crippen molar-refractivity contribution in [3.05, 3.63) is 23.9 Å². The third kappa shape index (κ3) is 5.73. The van der Waals surface area contributed by atoms with E-state index < -0.39 is 0 Å².